The summed E-state index contributed by atoms with van der Waals surface area (Å²) in [5, 5.41) is 0. The van der Waals surface area contributed by atoms with Gasteiger partial charge in [0.25, 0.3) is 0 Å². The largest absolute Gasteiger partial charge is 0.299 e. The van der Waals surface area contributed by atoms with Crippen LogP contribution in [0.15, 0.2) is 0 Å². The summed E-state index contributed by atoms with van der Waals surface area (Å²) < 4.78 is 0. The Kier molecular flexibility index (Phi) is 3.19. The van der Waals surface area contributed by atoms with Crippen LogP contribution in [0.2, 0.25) is 0 Å². The predicted octanol–water partition coefficient (Wildman–Crippen LogP) is 0.236. The average molecular weight is 136 g/mol. The minimum Gasteiger partial charge on any atom is -0.299 e. The highest BCUT2D eigenvalue weighted by molar-refractivity contribution is 6.22. The molecular formula is C4H6ClNO2. The lowest BCUT2D eigenvalue weighted by Gasteiger charge is -1.88. The van der Waals surface area contributed by atoms with E-state index in [9.17, 15) is 9.59 Å². The molecule has 0 aliphatic heterocycles. The van der Waals surface area contributed by atoms with Crippen molar-refractivity contribution in [1.82, 2.24) is 4.84 Å². The molecule has 0 aromatic heterocycles. The molecule has 0 heterocycles. The third kappa shape index (κ3) is 3.61. The summed E-state index contributed by atoms with van der Waals surface area (Å²) in [6, 6.07) is 0. The number of rotatable bonds is 2. The number of hydrogen-bond donors (Lipinski definition) is 1. The van der Waals surface area contributed by atoms with E-state index in [4.69, 9.17) is 11.8 Å². The number of carbonyl (C=O) groups excluding carboxylic acids is 2. The van der Waals surface area contributed by atoms with E-state index in [0.717, 1.165) is 0 Å². The van der Waals surface area contributed by atoms with E-state index in [1.165, 1.54) is 6.92 Å². The van der Waals surface area contributed by atoms with Gasteiger partial charge in [-0.1, -0.05) is 0 Å². The van der Waals surface area contributed by atoms with E-state index < -0.39 is 5.91 Å². The number of amides is 1. The van der Waals surface area contributed by atoms with Crippen LogP contribution in [0, 0.1) is 0 Å². The highest BCUT2D eigenvalue weighted by Gasteiger charge is 2.00. The number of ketones is 1. The second kappa shape index (κ2) is 3.43. The maximum Gasteiger partial charge on any atom is 0.241 e. The van der Waals surface area contributed by atoms with E-state index >= 15 is 0 Å². The van der Waals surface area contributed by atoms with Crippen molar-refractivity contribution in [2.75, 3.05) is 0 Å². The van der Waals surface area contributed by atoms with Gasteiger partial charge in [-0.05, 0) is 6.92 Å². The molecule has 0 rings (SSSR count). The van der Waals surface area contributed by atoms with Crippen LogP contribution >= 0.6 is 11.8 Å². The van der Waals surface area contributed by atoms with Gasteiger partial charge in [0.15, 0.2) is 0 Å². The second-order valence-electron chi connectivity index (χ2n) is 1.40. The molecule has 0 aromatic rings. The molecule has 0 fully saturated rings. The summed E-state index contributed by atoms with van der Waals surface area (Å²) >= 11 is 4.84. The average Bonchev–Trinajstić information content (AvgIpc) is 1.65. The molecule has 0 bridgehead atoms. The van der Waals surface area contributed by atoms with Crippen LogP contribution in [0.25, 0.3) is 0 Å². The molecule has 1 N–H and O–H groups in total. The fourth-order valence-electron chi connectivity index (χ4n) is 0.260. The zero-order valence-corrected chi connectivity index (χ0v) is 5.16. The Labute approximate surface area is 52.1 Å². The standard InChI is InChI=1S/C4H6ClNO2/c1-3(7)2-4(8)6-5/h2H2,1H3,(H,6,8). The molecule has 46 valence electrons. The molecule has 1 amide bonds. The van der Waals surface area contributed by atoms with Gasteiger partial charge in [0.2, 0.25) is 5.91 Å². The Hall–Kier alpha value is -0.570. The molecule has 3 nitrogen and oxygen atoms in total. The van der Waals surface area contributed by atoms with Gasteiger partial charge in [0.1, 0.15) is 5.78 Å². The molecule has 0 saturated heterocycles. The van der Waals surface area contributed by atoms with Crippen molar-refractivity contribution in [3.8, 4) is 0 Å². The molecular weight excluding hydrogens is 130 g/mol. The second-order valence-corrected chi connectivity index (χ2v) is 1.59. The minimum atomic E-state index is -0.459. The van der Waals surface area contributed by atoms with Crippen LogP contribution in [-0.2, 0) is 9.59 Å². The first-order valence-electron chi connectivity index (χ1n) is 2.05. The number of carbonyl (C=O) groups is 2. The first-order valence-corrected chi connectivity index (χ1v) is 2.43. The van der Waals surface area contributed by atoms with Crippen LogP contribution in [0.5, 0.6) is 0 Å². The molecule has 0 saturated carbocycles. The number of halogens is 1. The zero-order chi connectivity index (χ0) is 6.57. The predicted molar refractivity (Wildman–Crippen MR) is 29.3 cm³/mol. The van der Waals surface area contributed by atoms with Gasteiger partial charge in [0, 0.05) is 11.8 Å². The molecule has 0 aromatic carbocycles. The number of nitrogens with one attached hydrogen (secondary N) is 1. The van der Waals surface area contributed by atoms with Crippen molar-refractivity contribution in [2.24, 2.45) is 0 Å². The molecule has 0 radical (unpaired) electrons. The minimum absolute atomic E-state index is 0.135. The van der Waals surface area contributed by atoms with E-state index in [2.05, 4.69) is 0 Å². The highest BCUT2D eigenvalue weighted by atomic mass is 35.5. The monoisotopic (exact) mass is 135 g/mol. The van der Waals surface area contributed by atoms with Crippen LogP contribution < -0.4 is 4.84 Å². The van der Waals surface area contributed by atoms with Gasteiger partial charge < -0.3 is 0 Å². The first-order chi connectivity index (χ1) is 3.66. The van der Waals surface area contributed by atoms with Crippen molar-refractivity contribution in [1.29, 1.82) is 0 Å². The first kappa shape index (κ1) is 7.43. The van der Waals surface area contributed by atoms with Crippen LogP contribution in [0.4, 0.5) is 0 Å². The Morgan fingerprint density at radius 3 is 2.25 bits per heavy atom. The SMILES string of the molecule is CC(=O)CC(=O)NCl. The van der Waals surface area contributed by atoms with Crippen LogP contribution in [0.1, 0.15) is 13.3 Å². The fraction of sp³-hybridized carbons (Fsp3) is 0.500. The highest BCUT2D eigenvalue weighted by Crippen LogP contribution is 1.80. The zero-order valence-electron chi connectivity index (χ0n) is 4.40. The summed E-state index contributed by atoms with van der Waals surface area (Å²) in [7, 11) is 0. The van der Waals surface area contributed by atoms with Crippen molar-refractivity contribution in [3.63, 3.8) is 0 Å². The van der Waals surface area contributed by atoms with Crippen molar-refractivity contribution in [3.05, 3.63) is 0 Å². The normalized spacial score (nSPS) is 8.25. The van der Waals surface area contributed by atoms with E-state index in [-0.39, 0.29) is 12.2 Å². The Morgan fingerprint density at radius 1 is 1.62 bits per heavy atom. The van der Waals surface area contributed by atoms with Gasteiger partial charge in [0.05, 0.1) is 6.42 Å². The quantitative estimate of drug-likeness (QED) is 0.436. The van der Waals surface area contributed by atoms with Crippen LogP contribution in [-0.4, -0.2) is 11.7 Å². The van der Waals surface area contributed by atoms with Gasteiger partial charge in [-0.3, -0.25) is 14.4 Å². The van der Waals surface area contributed by atoms with Gasteiger partial charge in [-0.25, -0.2) is 0 Å². The summed E-state index contributed by atoms with van der Waals surface area (Å²) in [4.78, 5) is 22.1. The van der Waals surface area contributed by atoms with Crippen LogP contribution in [0.3, 0.4) is 0 Å². The Morgan fingerprint density at radius 2 is 2.12 bits per heavy atom. The van der Waals surface area contributed by atoms with E-state index in [1.807, 2.05) is 4.84 Å². The molecule has 0 atom stereocenters. The summed E-state index contributed by atoms with van der Waals surface area (Å²) in [6.45, 7) is 1.33. The lowest BCUT2D eigenvalue weighted by Crippen LogP contribution is -2.14. The maximum atomic E-state index is 10.2. The third-order valence-electron chi connectivity index (χ3n) is 0.515. The van der Waals surface area contributed by atoms with Gasteiger partial charge in [-0.2, -0.15) is 0 Å². The fourth-order valence-corrected chi connectivity index (χ4v) is 0.326. The van der Waals surface area contributed by atoms with E-state index in [0.29, 0.717) is 0 Å². The molecule has 0 spiro atoms. The molecule has 4 heteroatoms. The lowest BCUT2D eigenvalue weighted by atomic mass is 10.3. The van der Waals surface area contributed by atoms with E-state index in [1.54, 1.807) is 0 Å². The Bertz CT molecular complexity index is 113. The van der Waals surface area contributed by atoms with Crippen molar-refractivity contribution < 1.29 is 9.59 Å². The summed E-state index contributed by atoms with van der Waals surface area (Å²) in [5.74, 6) is -0.651. The molecule has 0 aliphatic carbocycles. The maximum absolute atomic E-state index is 10.2. The Balaban J connectivity index is 3.40. The lowest BCUT2D eigenvalue weighted by molar-refractivity contribution is -0.126. The summed E-state index contributed by atoms with van der Waals surface area (Å²) in [6.07, 6.45) is -0.135. The van der Waals surface area contributed by atoms with Crippen molar-refractivity contribution in [2.45, 2.75) is 13.3 Å². The summed E-state index contributed by atoms with van der Waals surface area (Å²) in [5.41, 5.74) is 0. The molecule has 0 unspecified atom stereocenters. The number of hydrogen-bond acceptors (Lipinski definition) is 2. The topological polar surface area (TPSA) is 46.2 Å². The van der Waals surface area contributed by atoms with Gasteiger partial charge >= 0.3 is 0 Å². The van der Waals surface area contributed by atoms with Gasteiger partial charge in [-0.15, -0.1) is 0 Å². The smallest absolute Gasteiger partial charge is 0.241 e. The number of Topliss-reactive ketones (excluding diaryl/α,β-unsaturated/α-hetero) is 1. The molecule has 8 heavy (non-hydrogen) atoms. The molecule has 0 aliphatic rings. The third-order valence-corrected chi connectivity index (χ3v) is 0.726. The van der Waals surface area contributed by atoms with Crippen molar-refractivity contribution >= 4 is 23.5 Å².